The van der Waals surface area contributed by atoms with Gasteiger partial charge in [0.05, 0.1) is 7.11 Å². The SMILES string of the molecule is COc1cccc(C=Nc2cc(C(C)(C)C)ccc2O)c1O. The van der Waals surface area contributed by atoms with Gasteiger partial charge < -0.3 is 14.9 Å². The average Bonchev–Trinajstić information content (AvgIpc) is 2.46. The van der Waals surface area contributed by atoms with E-state index >= 15 is 0 Å². The van der Waals surface area contributed by atoms with Crippen molar-refractivity contribution < 1.29 is 14.9 Å². The monoisotopic (exact) mass is 299 g/mol. The van der Waals surface area contributed by atoms with Crippen LogP contribution in [0, 0.1) is 0 Å². The normalized spacial score (nSPS) is 11.8. The number of hydrogen-bond donors (Lipinski definition) is 2. The van der Waals surface area contributed by atoms with Crippen LogP contribution in [0.3, 0.4) is 0 Å². The first-order chi connectivity index (χ1) is 10.3. The molecule has 4 heteroatoms. The Kier molecular flexibility index (Phi) is 4.40. The van der Waals surface area contributed by atoms with Gasteiger partial charge in [0.25, 0.3) is 0 Å². The first-order valence-electron chi connectivity index (χ1n) is 7.06. The number of hydrogen-bond acceptors (Lipinski definition) is 4. The van der Waals surface area contributed by atoms with Crippen molar-refractivity contribution in [3.05, 3.63) is 47.5 Å². The summed E-state index contributed by atoms with van der Waals surface area (Å²) in [6.07, 6.45) is 1.51. The fourth-order valence-corrected chi connectivity index (χ4v) is 2.04. The molecular weight excluding hydrogens is 278 g/mol. The van der Waals surface area contributed by atoms with E-state index in [0.717, 1.165) is 5.56 Å². The minimum Gasteiger partial charge on any atom is -0.506 e. The molecule has 2 rings (SSSR count). The smallest absolute Gasteiger partial charge is 0.166 e. The first-order valence-corrected chi connectivity index (χ1v) is 7.06. The molecule has 0 spiro atoms. The van der Waals surface area contributed by atoms with Crippen LogP contribution in [0.4, 0.5) is 5.69 Å². The van der Waals surface area contributed by atoms with Gasteiger partial charge in [0.2, 0.25) is 0 Å². The number of ether oxygens (including phenoxy) is 1. The van der Waals surface area contributed by atoms with Crippen molar-refractivity contribution in [2.75, 3.05) is 7.11 Å². The summed E-state index contributed by atoms with van der Waals surface area (Å²) in [4.78, 5) is 4.30. The number of methoxy groups -OCH3 is 1. The van der Waals surface area contributed by atoms with Gasteiger partial charge in [-0.3, -0.25) is 4.99 Å². The zero-order valence-corrected chi connectivity index (χ0v) is 13.3. The molecule has 0 saturated carbocycles. The highest BCUT2D eigenvalue weighted by molar-refractivity contribution is 5.87. The predicted octanol–water partition coefficient (Wildman–Crippen LogP) is 4.15. The van der Waals surface area contributed by atoms with Crippen molar-refractivity contribution >= 4 is 11.9 Å². The summed E-state index contributed by atoms with van der Waals surface area (Å²) in [5, 5.41) is 20.0. The molecule has 0 saturated heterocycles. The Hall–Kier alpha value is -2.49. The van der Waals surface area contributed by atoms with Crippen LogP contribution >= 0.6 is 0 Å². The highest BCUT2D eigenvalue weighted by atomic mass is 16.5. The minimum atomic E-state index is -0.0317. The van der Waals surface area contributed by atoms with Gasteiger partial charge in [-0.1, -0.05) is 32.9 Å². The van der Waals surface area contributed by atoms with Crippen molar-refractivity contribution in [3.63, 3.8) is 0 Å². The van der Waals surface area contributed by atoms with Gasteiger partial charge in [-0.15, -0.1) is 0 Å². The molecule has 2 N–H and O–H groups in total. The summed E-state index contributed by atoms with van der Waals surface area (Å²) >= 11 is 0. The topological polar surface area (TPSA) is 62.0 Å². The first kappa shape index (κ1) is 15.9. The zero-order valence-electron chi connectivity index (χ0n) is 13.3. The molecule has 0 bridgehead atoms. The molecular formula is C18H21NO3. The van der Waals surface area contributed by atoms with Crippen LogP contribution in [-0.2, 0) is 5.41 Å². The van der Waals surface area contributed by atoms with Crippen LogP contribution in [0.25, 0.3) is 0 Å². The molecule has 2 aromatic carbocycles. The lowest BCUT2D eigenvalue weighted by molar-refractivity contribution is 0.373. The number of benzene rings is 2. The molecule has 0 aromatic heterocycles. The third-order valence-corrected chi connectivity index (χ3v) is 3.43. The summed E-state index contributed by atoms with van der Waals surface area (Å²) in [5.41, 5.74) is 2.04. The predicted molar refractivity (Wildman–Crippen MR) is 88.7 cm³/mol. The maximum Gasteiger partial charge on any atom is 0.166 e. The third-order valence-electron chi connectivity index (χ3n) is 3.43. The molecule has 116 valence electrons. The Bertz CT molecular complexity index is 700. The number of para-hydroxylation sites is 1. The van der Waals surface area contributed by atoms with E-state index in [1.165, 1.54) is 13.3 Å². The van der Waals surface area contributed by atoms with Crippen molar-refractivity contribution in [2.45, 2.75) is 26.2 Å². The Labute approximate surface area is 130 Å². The highest BCUT2D eigenvalue weighted by Gasteiger charge is 2.15. The van der Waals surface area contributed by atoms with Crippen LogP contribution in [-0.4, -0.2) is 23.5 Å². The second-order valence-electron chi connectivity index (χ2n) is 6.11. The van der Waals surface area contributed by atoms with Crippen LogP contribution in [0.1, 0.15) is 31.9 Å². The van der Waals surface area contributed by atoms with E-state index in [9.17, 15) is 10.2 Å². The van der Waals surface area contributed by atoms with Gasteiger partial charge in [0.15, 0.2) is 11.5 Å². The van der Waals surface area contributed by atoms with Crippen LogP contribution < -0.4 is 4.74 Å². The third kappa shape index (κ3) is 3.39. The molecule has 0 heterocycles. The lowest BCUT2D eigenvalue weighted by Gasteiger charge is -2.19. The van der Waals surface area contributed by atoms with Gasteiger partial charge >= 0.3 is 0 Å². The Morgan fingerprint density at radius 2 is 1.82 bits per heavy atom. The fourth-order valence-electron chi connectivity index (χ4n) is 2.04. The van der Waals surface area contributed by atoms with Gasteiger partial charge in [-0.2, -0.15) is 0 Å². The van der Waals surface area contributed by atoms with Crippen LogP contribution in [0.2, 0.25) is 0 Å². The van der Waals surface area contributed by atoms with Crippen molar-refractivity contribution in [1.29, 1.82) is 0 Å². The molecule has 0 aliphatic rings. The fraction of sp³-hybridized carbons (Fsp3) is 0.278. The number of phenols is 2. The van der Waals surface area contributed by atoms with E-state index in [4.69, 9.17) is 4.74 Å². The molecule has 22 heavy (non-hydrogen) atoms. The van der Waals surface area contributed by atoms with Crippen molar-refractivity contribution in [3.8, 4) is 17.2 Å². The molecule has 0 atom stereocenters. The highest BCUT2D eigenvalue weighted by Crippen LogP contribution is 2.33. The molecule has 0 radical (unpaired) electrons. The Balaban J connectivity index is 2.38. The van der Waals surface area contributed by atoms with Crippen LogP contribution in [0.5, 0.6) is 17.2 Å². The second kappa shape index (κ2) is 6.10. The van der Waals surface area contributed by atoms with Gasteiger partial charge in [0.1, 0.15) is 11.4 Å². The van der Waals surface area contributed by atoms with E-state index in [-0.39, 0.29) is 16.9 Å². The van der Waals surface area contributed by atoms with Crippen molar-refractivity contribution in [1.82, 2.24) is 0 Å². The van der Waals surface area contributed by atoms with Crippen LogP contribution in [0.15, 0.2) is 41.4 Å². The zero-order chi connectivity index (χ0) is 16.3. The molecule has 0 aliphatic heterocycles. The summed E-state index contributed by atoms with van der Waals surface area (Å²) in [6, 6.07) is 10.5. The Morgan fingerprint density at radius 1 is 1.09 bits per heavy atom. The molecule has 2 aromatic rings. The average molecular weight is 299 g/mol. The number of aliphatic imine (C=N–C) groups is 1. The van der Waals surface area contributed by atoms with Gasteiger partial charge in [-0.25, -0.2) is 0 Å². The van der Waals surface area contributed by atoms with E-state index in [1.54, 1.807) is 24.3 Å². The number of phenolic OH excluding ortho intramolecular Hbond substituents is 2. The summed E-state index contributed by atoms with van der Waals surface area (Å²) in [6.45, 7) is 6.29. The summed E-state index contributed by atoms with van der Waals surface area (Å²) in [7, 11) is 1.49. The maximum absolute atomic E-state index is 10.0. The molecule has 4 nitrogen and oxygen atoms in total. The second-order valence-corrected chi connectivity index (χ2v) is 6.11. The Morgan fingerprint density at radius 3 is 2.45 bits per heavy atom. The summed E-state index contributed by atoms with van der Waals surface area (Å²) in [5.74, 6) is 0.517. The van der Waals surface area contributed by atoms with E-state index in [1.807, 2.05) is 12.1 Å². The van der Waals surface area contributed by atoms with E-state index in [2.05, 4.69) is 25.8 Å². The standard InChI is InChI=1S/C18H21NO3/c1-18(2,3)13-8-9-15(20)14(10-13)19-11-12-6-5-7-16(22-4)17(12)21/h5-11,20-21H,1-4H3. The number of nitrogens with zero attached hydrogens (tertiary/aromatic N) is 1. The van der Waals surface area contributed by atoms with Gasteiger partial charge in [-0.05, 0) is 35.2 Å². The van der Waals surface area contributed by atoms with Crippen molar-refractivity contribution in [2.24, 2.45) is 4.99 Å². The minimum absolute atomic E-state index is 0.0280. The largest absolute Gasteiger partial charge is 0.506 e. The molecule has 0 unspecified atom stereocenters. The molecule has 0 fully saturated rings. The van der Waals surface area contributed by atoms with Gasteiger partial charge in [0, 0.05) is 11.8 Å². The van der Waals surface area contributed by atoms with E-state index < -0.39 is 0 Å². The van der Waals surface area contributed by atoms with E-state index in [0.29, 0.717) is 17.0 Å². The number of aromatic hydroxyl groups is 2. The lowest BCUT2D eigenvalue weighted by atomic mass is 9.87. The lowest BCUT2D eigenvalue weighted by Crippen LogP contribution is -2.10. The maximum atomic E-state index is 10.0. The molecule has 0 amide bonds. The quantitative estimate of drug-likeness (QED) is 0.837. The summed E-state index contributed by atoms with van der Waals surface area (Å²) < 4.78 is 5.06. The molecule has 0 aliphatic carbocycles. The number of rotatable bonds is 3.